The first-order valence-electron chi connectivity index (χ1n) is 5.20. The van der Waals surface area contributed by atoms with Crippen LogP contribution in [0.1, 0.15) is 40.5 Å². The van der Waals surface area contributed by atoms with Crippen molar-refractivity contribution >= 4 is 0 Å². The first-order chi connectivity index (χ1) is 5.49. The Hall–Kier alpha value is -0.0400. The Labute approximate surface area is 76.9 Å². The van der Waals surface area contributed by atoms with Crippen LogP contribution in [-0.4, -0.2) is 13.1 Å². The van der Waals surface area contributed by atoms with Crippen molar-refractivity contribution in [3.8, 4) is 0 Å². The molecule has 0 saturated heterocycles. The molecule has 0 heterocycles. The summed E-state index contributed by atoms with van der Waals surface area (Å²) in [6.07, 6.45) is 2.73. The van der Waals surface area contributed by atoms with Crippen LogP contribution in [0.4, 0.5) is 0 Å². The third-order valence-corrected chi connectivity index (χ3v) is 2.73. The van der Waals surface area contributed by atoms with Crippen molar-refractivity contribution in [3.05, 3.63) is 0 Å². The van der Waals surface area contributed by atoms with E-state index in [-0.39, 0.29) is 0 Å². The van der Waals surface area contributed by atoms with Gasteiger partial charge in [-0.2, -0.15) is 0 Å². The highest BCUT2D eigenvalue weighted by Gasteiger charge is 2.31. The lowest BCUT2D eigenvalue weighted by Crippen LogP contribution is -2.22. The highest BCUT2D eigenvalue weighted by Crippen LogP contribution is 2.36. The Bertz CT molecular complexity index is 134. The molecule has 1 saturated carbocycles. The van der Waals surface area contributed by atoms with Crippen LogP contribution in [-0.2, 0) is 0 Å². The zero-order valence-corrected chi connectivity index (χ0v) is 8.98. The Kier molecular flexibility index (Phi) is 3.16. The normalized spacial score (nSPS) is 29.0. The van der Waals surface area contributed by atoms with E-state index in [9.17, 15) is 0 Å². The Balaban J connectivity index is 1.90. The van der Waals surface area contributed by atoms with E-state index >= 15 is 0 Å². The molecule has 0 aliphatic heterocycles. The Morgan fingerprint density at radius 1 is 1.33 bits per heavy atom. The summed E-state index contributed by atoms with van der Waals surface area (Å²) >= 11 is 0. The Morgan fingerprint density at radius 2 is 1.92 bits per heavy atom. The molecular formula is C11H23N. The van der Waals surface area contributed by atoms with E-state index in [0.717, 1.165) is 11.8 Å². The standard InChI is InChI=1S/C11H23N/c1-9-7-10(9)8-12-6-5-11(2,3)4/h9-10,12H,5-8H2,1-4H3. The summed E-state index contributed by atoms with van der Waals surface area (Å²) in [6, 6.07) is 0. The molecule has 0 aromatic carbocycles. The van der Waals surface area contributed by atoms with E-state index in [0.29, 0.717) is 5.41 Å². The van der Waals surface area contributed by atoms with Gasteiger partial charge in [-0.05, 0) is 43.2 Å². The minimum Gasteiger partial charge on any atom is -0.316 e. The molecule has 1 fully saturated rings. The maximum Gasteiger partial charge on any atom is -0.00179 e. The predicted molar refractivity (Wildman–Crippen MR) is 54.2 cm³/mol. The van der Waals surface area contributed by atoms with Crippen molar-refractivity contribution in [1.82, 2.24) is 5.32 Å². The van der Waals surface area contributed by atoms with Crippen LogP contribution in [0.5, 0.6) is 0 Å². The molecule has 1 N–H and O–H groups in total. The smallest absolute Gasteiger partial charge is 0.00179 e. The van der Waals surface area contributed by atoms with Gasteiger partial charge >= 0.3 is 0 Å². The Morgan fingerprint density at radius 3 is 2.33 bits per heavy atom. The first kappa shape index (κ1) is 10.0. The second-order valence-electron chi connectivity index (χ2n) is 5.49. The molecular weight excluding hydrogens is 146 g/mol. The molecule has 0 radical (unpaired) electrons. The fourth-order valence-corrected chi connectivity index (χ4v) is 1.43. The number of hydrogen-bond acceptors (Lipinski definition) is 1. The zero-order valence-electron chi connectivity index (χ0n) is 8.98. The summed E-state index contributed by atoms with van der Waals surface area (Å²) < 4.78 is 0. The number of hydrogen-bond donors (Lipinski definition) is 1. The lowest BCUT2D eigenvalue weighted by molar-refractivity contribution is 0.365. The summed E-state index contributed by atoms with van der Waals surface area (Å²) in [6.45, 7) is 11.7. The summed E-state index contributed by atoms with van der Waals surface area (Å²) in [5.74, 6) is 1.98. The molecule has 1 rings (SSSR count). The van der Waals surface area contributed by atoms with Gasteiger partial charge in [0.15, 0.2) is 0 Å². The summed E-state index contributed by atoms with van der Waals surface area (Å²) in [7, 11) is 0. The fourth-order valence-electron chi connectivity index (χ4n) is 1.43. The fraction of sp³-hybridized carbons (Fsp3) is 1.00. The van der Waals surface area contributed by atoms with E-state index in [1.54, 1.807) is 0 Å². The van der Waals surface area contributed by atoms with Gasteiger partial charge in [-0.25, -0.2) is 0 Å². The molecule has 1 aliphatic rings. The van der Waals surface area contributed by atoms with Crippen molar-refractivity contribution in [1.29, 1.82) is 0 Å². The summed E-state index contributed by atoms with van der Waals surface area (Å²) in [5.41, 5.74) is 0.488. The van der Waals surface area contributed by atoms with Gasteiger partial charge in [0.05, 0.1) is 0 Å². The lowest BCUT2D eigenvalue weighted by atomic mass is 9.92. The third-order valence-electron chi connectivity index (χ3n) is 2.73. The van der Waals surface area contributed by atoms with Crippen LogP contribution < -0.4 is 5.32 Å². The average Bonchev–Trinajstić information content (AvgIpc) is 2.57. The van der Waals surface area contributed by atoms with Gasteiger partial charge in [-0.3, -0.25) is 0 Å². The topological polar surface area (TPSA) is 12.0 Å². The largest absolute Gasteiger partial charge is 0.316 e. The van der Waals surface area contributed by atoms with Crippen molar-refractivity contribution in [2.75, 3.05) is 13.1 Å². The van der Waals surface area contributed by atoms with Crippen LogP contribution in [0.2, 0.25) is 0 Å². The molecule has 0 spiro atoms. The van der Waals surface area contributed by atoms with Gasteiger partial charge in [0, 0.05) is 0 Å². The molecule has 2 atom stereocenters. The minimum absolute atomic E-state index is 0.488. The molecule has 2 unspecified atom stereocenters. The quantitative estimate of drug-likeness (QED) is 0.638. The van der Waals surface area contributed by atoms with E-state index in [1.165, 1.54) is 25.9 Å². The van der Waals surface area contributed by atoms with Gasteiger partial charge in [0.25, 0.3) is 0 Å². The second kappa shape index (κ2) is 3.78. The van der Waals surface area contributed by atoms with Crippen LogP contribution in [0.3, 0.4) is 0 Å². The number of rotatable bonds is 4. The second-order valence-corrected chi connectivity index (χ2v) is 5.49. The minimum atomic E-state index is 0.488. The highest BCUT2D eigenvalue weighted by molar-refractivity contribution is 4.84. The van der Waals surface area contributed by atoms with E-state index in [4.69, 9.17) is 0 Å². The maximum atomic E-state index is 3.53. The number of nitrogens with one attached hydrogen (secondary N) is 1. The molecule has 0 bridgehead atoms. The van der Waals surface area contributed by atoms with E-state index < -0.39 is 0 Å². The zero-order chi connectivity index (χ0) is 9.19. The van der Waals surface area contributed by atoms with Crippen molar-refractivity contribution in [2.24, 2.45) is 17.3 Å². The summed E-state index contributed by atoms with van der Waals surface area (Å²) in [4.78, 5) is 0. The molecule has 0 aromatic heterocycles. The molecule has 1 aliphatic carbocycles. The van der Waals surface area contributed by atoms with Gasteiger partial charge < -0.3 is 5.32 Å². The van der Waals surface area contributed by atoms with Gasteiger partial charge in [0.1, 0.15) is 0 Å². The van der Waals surface area contributed by atoms with Gasteiger partial charge in [-0.1, -0.05) is 27.7 Å². The van der Waals surface area contributed by atoms with Gasteiger partial charge in [-0.15, -0.1) is 0 Å². The van der Waals surface area contributed by atoms with E-state index in [1.807, 2.05) is 0 Å². The highest BCUT2D eigenvalue weighted by atomic mass is 14.9. The maximum absolute atomic E-state index is 3.53. The average molecular weight is 169 g/mol. The molecule has 0 aromatic rings. The third kappa shape index (κ3) is 4.10. The SMILES string of the molecule is CC1CC1CNCCC(C)(C)C. The molecule has 0 amide bonds. The van der Waals surface area contributed by atoms with Crippen LogP contribution >= 0.6 is 0 Å². The monoisotopic (exact) mass is 169 g/mol. The van der Waals surface area contributed by atoms with Crippen molar-refractivity contribution in [2.45, 2.75) is 40.5 Å². The summed E-state index contributed by atoms with van der Waals surface area (Å²) in [5, 5.41) is 3.53. The van der Waals surface area contributed by atoms with Crippen molar-refractivity contribution in [3.63, 3.8) is 0 Å². The molecule has 1 nitrogen and oxygen atoms in total. The first-order valence-corrected chi connectivity index (χ1v) is 5.20. The van der Waals surface area contributed by atoms with E-state index in [2.05, 4.69) is 33.0 Å². The predicted octanol–water partition coefficient (Wildman–Crippen LogP) is 2.67. The molecule has 1 heteroatoms. The molecule has 72 valence electrons. The van der Waals surface area contributed by atoms with Gasteiger partial charge in [0.2, 0.25) is 0 Å². The van der Waals surface area contributed by atoms with Crippen LogP contribution in [0.15, 0.2) is 0 Å². The lowest BCUT2D eigenvalue weighted by Gasteiger charge is -2.17. The van der Waals surface area contributed by atoms with Crippen LogP contribution in [0.25, 0.3) is 0 Å². The van der Waals surface area contributed by atoms with Crippen molar-refractivity contribution < 1.29 is 0 Å². The van der Waals surface area contributed by atoms with Crippen LogP contribution in [0, 0.1) is 17.3 Å². The molecule has 12 heavy (non-hydrogen) atoms.